The van der Waals surface area contributed by atoms with Crippen molar-refractivity contribution in [3.8, 4) is 11.4 Å². The maximum absolute atomic E-state index is 13.5. The lowest BCUT2D eigenvalue weighted by molar-refractivity contribution is 0.0424. The summed E-state index contributed by atoms with van der Waals surface area (Å²) in [6.07, 6.45) is 2.46. The van der Waals surface area contributed by atoms with E-state index < -0.39 is 5.60 Å². The van der Waals surface area contributed by atoms with Crippen molar-refractivity contribution in [2.45, 2.75) is 25.9 Å². The highest BCUT2D eigenvalue weighted by molar-refractivity contribution is 9.10. The fraction of sp³-hybridized carbons (Fsp3) is 0.190. The van der Waals surface area contributed by atoms with E-state index in [-0.39, 0.29) is 5.78 Å². The van der Waals surface area contributed by atoms with Crippen molar-refractivity contribution >= 4 is 21.7 Å². The fourth-order valence-electron chi connectivity index (χ4n) is 3.43. The Kier molecular flexibility index (Phi) is 3.80. The van der Waals surface area contributed by atoms with Gasteiger partial charge in [-0.3, -0.25) is 4.79 Å². The normalized spacial score (nSPS) is 18.9. The summed E-state index contributed by atoms with van der Waals surface area (Å²) in [4.78, 5) is 13.5. The minimum atomic E-state index is -1.02. The number of halogens is 1. The number of nitrogens with zero attached hydrogens (tertiary/aromatic N) is 1. The second-order valence-electron chi connectivity index (χ2n) is 6.35. The zero-order valence-corrected chi connectivity index (χ0v) is 15.7. The molecule has 1 aliphatic rings. The van der Waals surface area contributed by atoms with Crippen molar-refractivity contribution in [2.75, 3.05) is 0 Å². The summed E-state index contributed by atoms with van der Waals surface area (Å²) in [6, 6.07) is 17.6. The van der Waals surface area contributed by atoms with Crippen LogP contribution in [-0.4, -0.2) is 10.4 Å². The highest BCUT2D eigenvalue weighted by Gasteiger charge is 2.45. The Morgan fingerprint density at radius 2 is 1.88 bits per heavy atom. The van der Waals surface area contributed by atoms with E-state index in [0.717, 1.165) is 21.3 Å². The van der Waals surface area contributed by atoms with Gasteiger partial charge in [0.15, 0.2) is 5.60 Å². The monoisotopic (exact) mass is 395 g/mol. The quantitative estimate of drug-likeness (QED) is 0.579. The first kappa shape index (κ1) is 16.2. The van der Waals surface area contributed by atoms with Gasteiger partial charge in [0.25, 0.3) is 0 Å². The summed E-state index contributed by atoms with van der Waals surface area (Å²) in [6.45, 7) is 4.03. The number of fused-ring (bicyclic) bond motifs is 3. The summed E-state index contributed by atoms with van der Waals surface area (Å²) in [5, 5.41) is 0. The molecule has 126 valence electrons. The van der Waals surface area contributed by atoms with E-state index in [0.29, 0.717) is 17.9 Å². The van der Waals surface area contributed by atoms with Gasteiger partial charge in [0.2, 0.25) is 5.78 Å². The molecule has 4 heteroatoms. The summed E-state index contributed by atoms with van der Waals surface area (Å²) in [5.41, 5.74) is 2.52. The van der Waals surface area contributed by atoms with Crippen LogP contribution in [0.3, 0.4) is 0 Å². The van der Waals surface area contributed by atoms with Crippen LogP contribution in [0.5, 0.6) is 5.75 Å². The van der Waals surface area contributed by atoms with Crippen LogP contribution in [0.15, 0.2) is 65.3 Å². The lowest BCUT2D eigenvalue weighted by Crippen LogP contribution is -2.41. The Morgan fingerprint density at radius 3 is 2.60 bits per heavy atom. The molecule has 4 rings (SSSR count). The van der Waals surface area contributed by atoms with Gasteiger partial charge in [-0.25, -0.2) is 0 Å². The first-order valence-corrected chi connectivity index (χ1v) is 9.13. The molecular weight excluding hydrogens is 378 g/mol. The third-order valence-corrected chi connectivity index (χ3v) is 5.32. The molecule has 0 N–H and O–H groups in total. The number of rotatable bonds is 2. The largest absolute Gasteiger partial charge is 0.472 e. The van der Waals surface area contributed by atoms with Gasteiger partial charge in [-0.2, -0.15) is 0 Å². The second kappa shape index (κ2) is 5.88. The van der Waals surface area contributed by atoms with Crippen LogP contribution in [0.2, 0.25) is 0 Å². The number of hydrogen-bond donors (Lipinski definition) is 0. The molecule has 3 aromatic rings. The molecule has 0 fully saturated rings. The number of ketones is 1. The Balaban J connectivity index is 2.00. The lowest BCUT2D eigenvalue weighted by atomic mass is 9.85. The average molecular weight is 396 g/mol. The van der Waals surface area contributed by atoms with E-state index in [4.69, 9.17) is 4.74 Å². The molecule has 2 heterocycles. The van der Waals surface area contributed by atoms with E-state index in [1.165, 1.54) is 0 Å². The molecule has 0 amide bonds. The number of hydrogen-bond acceptors (Lipinski definition) is 2. The predicted octanol–water partition coefficient (Wildman–Crippen LogP) is 5.43. The van der Waals surface area contributed by atoms with Gasteiger partial charge < -0.3 is 9.30 Å². The van der Waals surface area contributed by atoms with Crippen LogP contribution >= 0.6 is 15.9 Å². The van der Waals surface area contributed by atoms with Gasteiger partial charge in [-0.15, -0.1) is 0 Å². The van der Waals surface area contributed by atoms with Crippen molar-refractivity contribution in [1.29, 1.82) is 0 Å². The van der Waals surface area contributed by atoms with E-state index in [1.54, 1.807) is 0 Å². The van der Waals surface area contributed by atoms with Crippen LogP contribution in [0, 0.1) is 6.92 Å². The Bertz CT molecular complexity index is 958. The first-order valence-electron chi connectivity index (χ1n) is 8.33. The molecule has 0 unspecified atom stereocenters. The van der Waals surface area contributed by atoms with Gasteiger partial charge in [-0.1, -0.05) is 52.7 Å². The number of carbonyl (C=O) groups is 1. The van der Waals surface area contributed by atoms with Crippen LogP contribution in [0.1, 0.15) is 35.0 Å². The number of benzene rings is 2. The second-order valence-corrected chi connectivity index (χ2v) is 7.27. The average Bonchev–Trinajstić information content (AvgIpc) is 3.07. The summed E-state index contributed by atoms with van der Waals surface area (Å²) in [7, 11) is 0. The van der Waals surface area contributed by atoms with Gasteiger partial charge in [0, 0.05) is 16.2 Å². The topological polar surface area (TPSA) is 31.2 Å². The molecule has 3 nitrogen and oxygen atoms in total. The maximum atomic E-state index is 13.5. The Hall–Kier alpha value is -2.33. The molecule has 0 radical (unpaired) electrons. The Morgan fingerprint density at radius 1 is 1.12 bits per heavy atom. The third-order valence-electron chi connectivity index (χ3n) is 4.83. The van der Waals surface area contributed by atoms with Crippen LogP contribution in [-0.2, 0) is 5.60 Å². The Labute approximate surface area is 155 Å². The van der Waals surface area contributed by atoms with Crippen LogP contribution in [0.25, 0.3) is 5.69 Å². The van der Waals surface area contributed by atoms with Crippen molar-refractivity contribution < 1.29 is 9.53 Å². The number of aromatic nitrogens is 1. The van der Waals surface area contributed by atoms with Crippen molar-refractivity contribution in [3.05, 3.63) is 82.1 Å². The van der Waals surface area contributed by atoms with Gasteiger partial charge in [-0.05, 0) is 43.7 Å². The van der Waals surface area contributed by atoms with E-state index in [2.05, 4.69) is 15.9 Å². The zero-order valence-electron chi connectivity index (χ0n) is 14.1. The molecule has 25 heavy (non-hydrogen) atoms. The fourth-order valence-corrected chi connectivity index (χ4v) is 3.78. The predicted molar refractivity (Wildman–Crippen MR) is 102 cm³/mol. The van der Waals surface area contributed by atoms with Crippen LogP contribution < -0.4 is 4.74 Å². The molecule has 0 saturated carbocycles. The molecular formula is C21H18BrNO2. The van der Waals surface area contributed by atoms with Crippen LogP contribution in [0.4, 0.5) is 0 Å². The SMILES string of the molecule is CC[C@]1(c2ccc(C)cc2)Oc2ccc(Br)cc2-n2cccc2C1=O. The molecule has 0 saturated heterocycles. The molecule has 1 aliphatic heterocycles. The summed E-state index contributed by atoms with van der Waals surface area (Å²) < 4.78 is 9.29. The highest BCUT2D eigenvalue weighted by Crippen LogP contribution is 2.41. The van der Waals surface area contributed by atoms with Gasteiger partial charge >= 0.3 is 0 Å². The standard InChI is InChI=1S/C21H18BrNO2/c1-3-21(15-8-6-14(2)7-9-15)20(24)17-5-4-12-23(17)18-13-16(22)10-11-19(18)25-21/h4-13H,3H2,1-2H3/t21-/m1/s1. The third kappa shape index (κ3) is 2.44. The molecule has 0 bridgehead atoms. The lowest BCUT2D eigenvalue weighted by Gasteiger charge is -2.31. The maximum Gasteiger partial charge on any atom is 0.227 e. The first-order chi connectivity index (χ1) is 12.0. The minimum absolute atomic E-state index is 0.0174. The van der Waals surface area contributed by atoms with Gasteiger partial charge in [0.05, 0.1) is 11.4 Å². The highest BCUT2D eigenvalue weighted by atomic mass is 79.9. The van der Waals surface area contributed by atoms with E-state index in [1.807, 2.05) is 79.2 Å². The molecule has 2 aromatic carbocycles. The molecule has 1 atom stereocenters. The minimum Gasteiger partial charge on any atom is -0.472 e. The number of Topliss-reactive ketones (excluding diaryl/α,β-unsaturated/α-hetero) is 1. The zero-order chi connectivity index (χ0) is 17.6. The smallest absolute Gasteiger partial charge is 0.227 e. The van der Waals surface area contributed by atoms with Crippen molar-refractivity contribution in [2.24, 2.45) is 0 Å². The summed E-state index contributed by atoms with van der Waals surface area (Å²) in [5.74, 6) is 0.685. The summed E-state index contributed by atoms with van der Waals surface area (Å²) >= 11 is 3.52. The van der Waals surface area contributed by atoms with Crippen molar-refractivity contribution in [3.63, 3.8) is 0 Å². The molecule has 1 aromatic heterocycles. The van der Waals surface area contributed by atoms with E-state index in [9.17, 15) is 4.79 Å². The number of aryl methyl sites for hydroxylation is 1. The van der Waals surface area contributed by atoms with E-state index >= 15 is 0 Å². The molecule has 0 spiro atoms. The van der Waals surface area contributed by atoms with Crippen molar-refractivity contribution in [1.82, 2.24) is 4.57 Å². The van der Waals surface area contributed by atoms with Gasteiger partial charge in [0.1, 0.15) is 5.75 Å². The number of carbonyl (C=O) groups excluding carboxylic acids is 1. The number of ether oxygens (including phenoxy) is 1. The molecule has 0 aliphatic carbocycles.